The summed E-state index contributed by atoms with van der Waals surface area (Å²) >= 11 is 1.59. The molecule has 3 aromatic rings. The molecule has 2 N–H and O–H groups in total. The van der Waals surface area contributed by atoms with Crippen molar-refractivity contribution in [3.05, 3.63) is 54.7 Å². The zero-order chi connectivity index (χ0) is 13.8. The Morgan fingerprint density at radius 1 is 1.00 bits per heavy atom. The predicted molar refractivity (Wildman–Crippen MR) is 84.8 cm³/mol. The minimum absolute atomic E-state index is 0.633. The van der Waals surface area contributed by atoms with E-state index in [2.05, 4.69) is 46.4 Å². The van der Waals surface area contributed by atoms with Crippen molar-refractivity contribution in [1.82, 2.24) is 9.97 Å². The third-order valence-corrected chi connectivity index (χ3v) is 3.92. The van der Waals surface area contributed by atoms with Crippen LogP contribution < -0.4 is 5.73 Å². The maximum atomic E-state index is 5.51. The molecule has 0 bridgehead atoms. The van der Waals surface area contributed by atoms with Gasteiger partial charge in [-0.05, 0) is 22.9 Å². The molecule has 0 aliphatic carbocycles. The lowest BCUT2D eigenvalue weighted by molar-refractivity contribution is 0.970. The van der Waals surface area contributed by atoms with Crippen LogP contribution in [0.5, 0.6) is 0 Å². The van der Waals surface area contributed by atoms with E-state index < -0.39 is 0 Å². The lowest BCUT2D eigenvalue weighted by Gasteiger charge is -2.05. The third-order valence-electron chi connectivity index (χ3n) is 3.03. The van der Waals surface area contributed by atoms with Gasteiger partial charge in [-0.15, -0.1) is 0 Å². The first kappa shape index (κ1) is 13.1. The Hall–Kier alpha value is -1.91. The second-order valence-electron chi connectivity index (χ2n) is 4.42. The second-order valence-corrected chi connectivity index (χ2v) is 5.49. The van der Waals surface area contributed by atoms with E-state index in [1.807, 2.05) is 12.1 Å². The SMILES string of the molecule is NCCSc1nccc(-c2ccc3ccccc3c2)n1. The first-order valence-corrected chi connectivity index (χ1v) is 7.50. The molecule has 2 aromatic carbocycles. The Bertz CT molecular complexity index is 727. The summed E-state index contributed by atoms with van der Waals surface area (Å²) in [5, 5.41) is 3.24. The first-order valence-electron chi connectivity index (χ1n) is 6.52. The van der Waals surface area contributed by atoms with Gasteiger partial charge in [0.15, 0.2) is 5.16 Å². The number of rotatable bonds is 4. The van der Waals surface area contributed by atoms with Crippen molar-refractivity contribution in [3.63, 3.8) is 0 Å². The highest BCUT2D eigenvalue weighted by atomic mass is 32.2. The fourth-order valence-corrected chi connectivity index (χ4v) is 2.67. The molecule has 4 heteroatoms. The highest BCUT2D eigenvalue weighted by Gasteiger charge is 2.03. The molecule has 0 unspecified atom stereocenters. The normalized spacial score (nSPS) is 10.8. The molecule has 0 fully saturated rings. The van der Waals surface area contributed by atoms with Gasteiger partial charge in [-0.25, -0.2) is 9.97 Å². The fraction of sp³-hybridized carbons (Fsp3) is 0.125. The molecule has 1 heterocycles. The number of hydrogen-bond acceptors (Lipinski definition) is 4. The summed E-state index contributed by atoms with van der Waals surface area (Å²) in [6, 6.07) is 16.7. The molecule has 0 amide bonds. The summed E-state index contributed by atoms with van der Waals surface area (Å²) in [5.74, 6) is 0.834. The summed E-state index contributed by atoms with van der Waals surface area (Å²) in [7, 11) is 0. The van der Waals surface area contributed by atoms with Gasteiger partial charge < -0.3 is 5.73 Å². The highest BCUT2D eigenvalue weighted by molar-refractivity contribution is 7.99. The van der Waals surface area contributed by atoms with Crippen LogP contribution in [-0.2, 0) is 0 Å². The largest absolute Gasteiger partial charge is 0.330 e. The van der Waals surface area contributed by atoms with E-state index in [9.17, 15) is 0 Å². The van der Waals surface area contributed by atoms with Crippen molar-refractivity contribution >= 4 is 22.5 Å². The summed E-state index contributed by atoms with van der Waals surface area (Å²) in [4.78, 5) is 8.84. The molecule has 0 atom stereocenters. The van der Waals surface area contributed by atoms with E-state index in [0.717, 1.165) is 22.2 Å². The number of nitrogens with two attached hydrogens (primary N) is 1. The number of aromatic nitrogens is 2. The molecule has 0 spiro atoms. The Morgan fingerprint density at radius 2 is 1.85 bits per heavy atom. The predicted octanol–water partition coefficient (Wildman–Crippen LogP) is 3.35. The van der Waals surface area contributed by atoms with Crippen LogP contribution in [0.25, 0.3) is 22.0 Å². The number of fused-ring (bicyclic) bond motifs is 1. The van der Waals surface area contributed by atoms with Crippen molar-refractivity contribution < 1.29 is 0 Å². The van der Waals surface area contributed by atoms with Crippen LogP contribution in [-0.4, -0.2) is 22.3 Å². The third kappa shape index (κ3) is 2.81. The molecular weight excluding hydrogens is 266 g/mol. The van der Waals surface area contributed by atoms with Gasteiger partial charge in [-0.3, -0.25) is 0 Å². The van der Waals surface area contributed by atoms with E-state index in [0.29, 0.717) is 6.54 Å². The zero-order valence-corrected chi connectivity index (χ0v) is 11.8. The molecule has 100 valence electrons. The van der Waals surface area contributed by atoms with Crippen molar-refractivity contribution in [1.29, 1.82) is 0 Å². The monoisotopic (exact) mass is 281 g/mol. The molecular formula is C16H15N3S. The van der Waals surface area contributed by atoms with Gasteiger partial charge in [-0.1, -0.05) is 48.2 Å². The van der Waals surface area contributed by atoms with Crippen molar-refractivity contribution in [2.75, 3.05) is 12.3 Å². The lowest BCUT2D eigenvalue weighted by Crippen LogP contribution is -2.02. The Labute approximate surface area is 122 Å². The summed E-state index contributed by atoms with van der Waals surface area (Å²) in [6.07, 6.45) is 1.80. The molecule has 0 aliphatic heterocycles. The van der Waals surface area contributed by atoms with Crippen LogP contribution in [0.1, 0.15) is 0 Å². The van der Waals surface area contributed by atoms with Gasteiger partial charge in [0.05, 0.1) is 5.69 Å². The smallest absolute Gasteiger partial charge is 0.188 e. The average molecular weight is 281 g/mol. The second kappa shape index (κ2) is 6.03. The number of hydrogen-bond donors (Lipinski definition) is 1. The lowest BCUT2D eigenvalue weighted by atomic mass is 10.1. The highest BCUT2D eigenvalue weighted by Crippen LogP contribution is 2.24. The molecule has 0 saturated heterocycles. The molecule has 20 heavy (non-hydrogen) atoms. The van der Waals surface area contributed by atoms with Crippen molar-refractivity contribution in [2.45, 2.75) is 5.16 Å². The number of nitrogens with zero attached hydrogens (tertiary/aromatic N) is 2. The number of benzene rings is 2. The van der Waals surface area contributed by atoms with Gasteiger partial charge in [-0.2, -0.15) is 0 Å². The molecule has 1 aromatic heterocycles. The van der Waals surface area contributed by atoms with Gasteiger partial charge in [0.25, 0.3) is 0 Å². The van der Waals surface area contributed by atoms with Crippen molar-refractivity contribution in [3.8, 4) is 11.3 Å². The summed E-state index contributed by atoms with van der Waals surface area (Å²) < 4.78 is 0. The van der Waals surface area contributed by atoms with Crippen LogP contribution >= 0.6 is 11.8 Å². The molecule has 3 rings (SSSR count). The minimum Gasteiger partial charge on any atom is -0.330 e. The van der Waals surface area contributed by atoms with Crippen LogP contribution in [0.15, 0.2) is 59.9 Å². The molecule has 0 radical (unpaired) electrons. The van der Waals surface area contributed by atoms with E-state index in [1.54, 1.807) is 18.0 Å². The van der Waals surface area contributed by atoms with Crippen LogP contribution in [0.4, 0.5) is 0 Å². The maximum absolute atomic E-state index is 5.51. The van der Waals surface area contributed by atoms with E-state index in [4.69, 9.17) is 5.73 Å². The van der Waals surface area contributed by atoms with Crippen LogP contribution in [0.3, 0.4) is 0 Å². The minimum atomic E-state index is 0.633. The van der Waals surface area contributed by atoms with Gasteiger partial charge in [0.1, 0.15) is 0 Å². The zero-order valence-electron chi connectivity index (χ0n) is 11.0. The summed E-state index contributed by atoms with van der Waals surface area (Å²) in [6.45, 7) is 0.633. The van der Waals surface area contributed by atoms with Crippen LogP contribution in [0.2, 0.25) is 0 Å². The Balaban J connectivity index is 1.97. The standard InChI is InChI=1S/C16H15N3S/c17-8-10-20-16-18-9-7-15(19-16)14-6-5-12-3-1-2-4-13(12)11-14/h1-7,9,11H,8,10,17H2. The molecule has 0 saturated carbocycles. The van der Waals surface area contributed by atoms with Gasteiger partial charge >= 0.3 is 0 Å². The van der Waals surface area contributed by atoms with Crippen LogP contribution in [0, 0.1) is 0 Å². The van der Waals surface area contributed by atoms with Gasteiger partial charge in [0, 0.05) is 24.1 Å². The van der Waals surface area contributed by atoms with Gasteiger partial charge in [0.2, 0.25) is 0 Å². The Morgan fingerprint density at radius 3 is 2.70 bits per heavy atom. The van der Waals surface area contributed by atoms with E-state index in [-0.39, 0.29) is 0 Å². The Kier molecular flexibility index (Phi) is 3.95. The van der Waals surface area contributed by atoms with Crippen molar-refractivity contribution in [2.24, 2.45) is 5.73 Å². The topological polar surface area (TPSA) is 51.8 Å². The quantitative estimate of drug-likeness (QED) is 0.588. The fourth-order valence-electron chi connectivity index (χ4n) is 2.07. The van der Waals surface area contributed by atoms with E-state index in [1.165, 1.54) is 10.8 Å². The summed E-state index contributed by atoms with van der Waals surface area (Å²) in [5.41, 5.74) is 7.57. The average Bonchev–Trinajstić information content (AvgIpc) is 2.53. The first-order chi connectivity index (χ1) is 9.86. The molecule has 3 nitrogen and oxygen atoms in total. The number of thioether (sulfide) groups is 1. The van der Waals surface area contributed by atoms with E-state index >= 15 is 0 Å². The maximum Gasteiger partial charge on any atom is 0.188 e. The molecule has 0 aliphatic rings.